The van der Waals surface area contributed by atoms with E-state index in [-0.39, 0.29) is 12.3 Å². The van der Waals surface area contributed by atoms with E-state index in [1.54, 1.807) is 26.0 Å². The van der Waals surface area contributed by atoms with Crippen molar-refractivity contribution < 1.29 is 19.0 Å². The first-order chi connectivity index (χ1) is 13.1. The third-order valence-corrected chi connectivity index (χ3v) is 4.19. The maximum Gasteiger partial charge on any atom is 0.269 e. The van der Waals surface area contributed by atoms with Gasteiger partial charge in [0.2, 0.25) is 0 Å². The van der Waals surface area contributed by atoms with E-state index in [0.29, 0.717) is 5.56 Å². The molecule has 0 aliphatic carbocycles. The van der Waals surface area contributed by atoms with E-state index in [2.05, 4.69) is 5.10 Å². The summed E-state index contributed by atoms with van der Waals surface area (Å²) < 4.78 is 17.4. The van der Waals surface area contributed by atoms with Crippen LogP contribution in [0.2, 0.25) is 0 Å². The molecular weight excluding hydrogens is 346 g/mol. The summed E-state index contributed by atoms with van der Waals surface area (Å²) in [4.78, 5) is 12.0. The van der Waals surface area contributed by atoms with Crippen LogP contribution in [0, 0.1) is 0 Å². The van der Waals surface area contributed by atoms with Gasteiger partial charge in [-0.05, 0) is 48.5 Å². The molecule has 2 N–H and O–H groups in total. The number of carbonyl (C=O) groups is 1. The molecule has 7 heteroatoms. The zero-order chi connectivity index (χ0) is 19.4. The van der Waals surface area contributed by atoms with Gasteiger partial charge in [0.05, 0.1) is 32.2 Å². The molecule has 0 saturated carbocycles. The number of rotatable bonds is 7. The number of hydrogen-bond acceptors (Lipinski definition) is 5. The van der Waals surface area contributed by atoms with Gasteiger partial charge in [-0.2, -0.15) is 5.10 Å². The molecular formula is C20H21N3O4. The van der Waals surface area contributed by atoms with Crippen LogP contribution < -0.4 is 15.2 Å². The second-order valence-corrected chi connectivity index (χ2v) is 5.81. The minimum absolute atomic E-state index is 0.179. The molecule has 0 spiro atoms. The Morgan fingerprint density at radius 3 is 2.00 bits per heavy atom. The number of nitrogens with two attached hydrogens (primary N) is 1. The fourth-order valence-electron chi connectivity index (χ4n) is 2.89. The number of primary amides is 1. The summed E-state index contributed by atoms with van der Waals surface area (Å²) in [5.41, 5.74) is 8.74. The number of aromatic nitrogens is 2. The monoisotopic (exact) mass is 367 g/mol. The SMILES string of the molecule is COCc1c(C(N)=O)nn(-c2ccc(OC)cc2)c1-c1ccc(OC)cc1. The lowest BCUT2D eigenvalue weighted by molar-refractivity contribution is 0.0990. The smallest absolute Gasteiger partial charge is 0.269 e. The lowest BCUT2D eigenvalue weighted by Crippen LogP contribution is -2.14. The minimum Gasteiger partial charge on any atom is -0.497 e. The fourth-order valence-corrected chi connectivity index (χ4v) is 2.89. The molecule has 3 rings (SSSR count). The topological polar surface area (TPSA) is 88.6 Å². The van der Waals surface area contributed by atoms with E-state index < -0.39 is 5.91 Å². The lowest BCUT2D eigenvalue weighted by atomic mass is 10.1. The van der Waals surface area contributed by atoms with E-state index in [9.17, 15) is 4.79 Å². The molecule has 0 aliphatic rings. The standard InChI is InChI=1S/C20H21N3O4/c1-25-12-17-18(20(21)24)22-23(14-6-10-16(27-3)11-7-14)19(17)13-4-8-15(26-2)9-5-13/h4-11H,12H2,1-3H3,(H2,21,24). The largest absolute Gasteiger partial charge is 0.497 e. The normalized spacial score (nSPS) is 10.6. The quantitative estimate of drug-likeness (QED) is 0.694. The van der Waals surface area contributed by atoms with Gasteiger partial charge in [-0.25, -0.2) is 4.68 Å². The first-order valence-electron chi connectivity index (χ1n) is 8.28. The van der Waals surface area contributed by atoms with Crippen molar-refractivity contribution in [2.24, 2.45) is 5.73 Å². The van der Waals surface area contributed by atoms with Crippen LogP contribution in [0.1, 0.15) is 16.1 Å². The zero-order valence-electron chi connectivity index (χ0n) is 15.4. The molecule has 3 aromatic rings. The summed E-state index contributed by atoms with van der Waals surface area (Å²) in [6, 6.07) is 14.9. The van der Waals surface area contributed by atoms with Crippen LogP contribution >= 0.6 is 0 Å². The first-order valence-corrected chi connectivity index (χ1v) is 8.28. The van der Waals surface area contributed by atoms with Gasteiger partial charge in [-0.1, -0.05) is 0 Å². The van der Waals surface area contributed by atoms with Gasteiger partial charge in [-0.3, -0.25) is 4.79 Å². The van der Waals surface area contributed by atoms with E-state index in [0.717, 1.165) is 28.4 Å². The van der Waals surface area contributed by atoms with Gasteiger partial charge in [0.1, 0.15) is 11.5 Å². The van der Waals surface area contributed by atoms with Crippen molar-refractivity contribution in [3.05, 3.63) is 59.8 Å². The highest BCUT2D eigenvalue weighted by atomic mass is 16.5. The van der Waals surface area contributed by atoms with Crippen molar-refractivity contribution in [2.75, 3.05) is 21.3 Å². The first kappa shape index (κ1) is 18.5. The Morgan fingerprint density at radius 2 is 1.52 bits per heavy atom. The Hall–Kier alpha value is -3.32. The van der Waals surface area contributed by atoms with Crippen LogP contribution in [-0.4, -0.2) is 37.0 Å². The number of ether oxygens (including phenoxy) is 3. The number of benzene rings is 2. The number of amides is 1. The van der Waals surface area contributed by atoms with Gasteiger partial charge in [0.15, 0.2) is 5.69 Å². The second kappa shape index (κ2) is 7.92. The predicted molar refractivity (Wildman–Crippen MR) is 101 cm³/mol. The highest BCUT2D eigenvalue weighted by Crippen LogP contribution is 2.31. The van der Waals surface area contributed by atoms with Gasteiger partial charge < -0.3 is 19.9 Å². The van der Waals surface area contributed by atoms with E-state index in [1.165, 1.54) is 0 Å². The molecule has 0 radical (unpaired) electrons. The summed E-state index contributed by atoms with van der Waals surface area (Å²) in [5, 5.41) is 4.46. The van der Waals surface area contributed by atoms with Crippen LogP contribution in [0.4, 0.5) is 0 Å². The van der Waals surface area contributed by atoms with Crippen LogP contribution in [0.3, 0.4) is 0 Å². The summed E-state index contributed by atoms with van der Waals surface area (Å²) in [7, 11) is 4.78. The molecule has 0 aliphatic heterocycles. The van der Waals surface area contributed by atoms with Crippen molar-refractivity contribution in [1.29, 1.82) is 0 Å². The molecule has 0 atom stereocenters. The Bertz CT molecular complexity index is 931. The average molecular weight is 367 g/mol. The van der Waals surface area contributed by atoms with Crippen molar-refractivity contribution >= 4 is 5.91 Å². The Balaban J connectivity index is 2.23. The maximum absolute atomic E-state index is 12.0. The van der Waals surface area contributed by atoms with Crippen molar-refractivity contribution in [3.63, 3.8) is 0 Å². The second-order valence-electron chi connectivity index (χ2n) is 5.81. The lowest BCUT2D eigenvalue weighted by Gasteiger charge is -2.11. The van der Waals surface area contributed by atoms with Crippen LogP contribution in [0.15, 0.2) is 48.5 Å². The molecule has 0 saturated heterocycles. The van der Waals surface area contributed by atoms with E-state index >= 15 is 0 Å². The van der Waals surface area contributed by atoms with Gasteiger partial charge in [-0.15, -0.1) is 0 Å². The molecule has 27 heavy (non-hydrogen) atoms. The highest BCUT2D eigenvalue weighted by Gasteiger charge is 2.23. The zero-order valence-corrected chi connectivity index (χ0v) is 15.4. The molecule has 0 bridgehead atoms. The van der Waals surface area contributed by atoms with Crippen LogP contribution in [0.5, 0.6) is 11.5 Å². The summed E-state index contributed by atoms with van der Waals surface area (Å²) in [6.45, 7) is 0.204. The molecule has 0 fully saturated rings. The Morgan fingerprint density at radius 1 is 0.963 bits per heavy atom. The van der Waals surface area contributed by atoms with Crippen molar-refractivity contribution in [3.8, 4) is 28.4 Å². The predicted octanol–water partition coefficient (Wildman–Crippen LogP) is 2.80. The number of methoxy groups -OCH3 is 3. The molecule has 140 valence electrons. The summed E-state index contributed by atoms with van der Waals surface area (Å²) >= 11 is 0. The fraction of sp³-hybridized carbons (Fsp3) is 0.200. The molecule has 7 nitrogen and oxygen atoms in total. The Labute approximate surface area is 157 Å². The van der Waals surface area contributed by atoms with Crippen molar-refractivity contribution in [1.82, 2.24) is 9.78 Å². The third kappa shape index (κ3) is 3.63. The van der Waals surface area contributed by atoms with E-state index in [1.807, 2.05) is 48.5 Å². The van der Waals surface area contributed by atoms with E-state index in [4.69, 9.17) is 19.9 Å². The molecule has 1 amide bonds. The molecule has 2 aromatic carbocycles. The number of hydrogen-bond donors (Lipinski definition) is 1. The number of carbonyl (C=O) groups excluding carboxylic acids is 1. The molecule has 1 heterocycles. The number of nitrogens with zero attached hydrogens (tertiary/aromatic N) is 2. The third-order valence-electron chi connectivity index (χ3n) is 4.19. The molecule has 1 aromatic heterocycles. The molecule has 0 unspecified atom stereocenters. The minimum atomic E-state index is -0.607. The highest BCUT2D eigenvalue weighted by molar-refractivity contribution is 5.94. The van der Waals surface area contributed by atoms with Gasteiger partial charge >= 0.3 is 0 Å². The van der Waals surface area contributed by atoms with Crippen LogP contribution in [0.25, 0.3) is 16.9 Å². The maximum atomic E-state index is 12.0. The van der Waals surface area contributed by atoms with Gasteiger partial charge in [0, 0.05) is 18.2 Å². The Kier molecular flexibility index (Phi) is 5.42. The summed E-state index contributed by atoms with van der Waals surface area (Å²) in [5.74, 6) is 0.853. The average Bonchev–Trinajstić information content (AvgIpc) is 3.08. The van der Waals surface area contributed by atoms with Crippen LogP contribution in [-0.2, 0) is 11.3 Å². The summed E-state index contributed by atoms with van der Waals surface area (Å²) in [6.07, 6.45) is 0. The van der Waals surface area contributed by atoms with Crippen molar-refractivity contribution in [2.45, 2.75) is 6.61 Å². The van der Waals surface area contributed by atoms with Gasteiger partial charge in [0.25, 0.3) is 5.91 Å².